The van der Waals surface area contributed by atoms with Crippen molar-refractivity contribution in [2.45, 2.75) is 18.9 Å². The molecule has 0 radical (unpaired) electrons. The zero-order chi connectivity index (χ0) is 13.7. The van der Waals surface area contributed by atoms with Gasteiger partial charge in [-0.3, -0.25) is 4.79 Å². The lowest BCUT2D eigenvalue weighted by atomic mass is 10.1. The van der Waals surface area contributed by atoms with Gasteiger partial charge in [0.25, 0.3) is 0 Å². The molecule has 0 aromatic heterocycles. The maximum Gasteiger partial charge on any atom is 0.234 e. The average molecular weight is 283 g/mol. The highest BCUT2D eigenvalue weighted by molar-refractivity contribution is 6.30. The second-order valence-corrected chi connectivity index (χ2v) is 5.38. The molecule has 1 amide bonds. The molecule has 5 heteroatoms. The van der Waals surface area contributed by atoms with Crippen LogP contribution in [0.1, 0.15) is 24.5 Å². The van der Waals surface area contributed by atoms with Gasteiger partial charge in [0, 0.05) is 11.6 Å². The zero-order valence-corrected chi connectivity index (χ0v) is 11.5. The zero-order valence-electron chi connectivity index (χ0n) is 10.7. The van der Waals surface area contributed by atoms with Crippen molar-refractivity contribution in [1.82, 2.24) is 10.6 Å². The molecule has 1 aromatic carbocycles. The molecule has 1 aliphatic rings. The monoisotopic (exact) mass is 282 g/mol. The van der Waals surface area contributed by atoms with Crippen molar-refractivity contribution in [3.8, 4) is 0 Å². The summed E-state index contributed by atoms with van der Waals surface area (Å²) in [6.07, 6.45) is 1.83. The van der Waals surface area contributed by atoms with Crippen molar-refractivity contribution >= 4 is 17.5 Å². The van der Waals surface area contributed by atoms with E-state index in [2.05, 4.69) is 10.6 Å². The summed E-state index contributed by atoms with van der Waals surface area (Å²) in [7, 11) is 0. The summed E-state index contributed by atoms with van der Waals surface area (Å²) in [5.74, 6) is 0.668. The summed E-state index contributed by atoms with van der Waals surface area (Å²) >= 11 is 5.77. The fourth-order valence-corrected chi connectivity index (χ4v) is 1.91. The first-order valence-electron chi connectivity index (χ1n) is 6.56. The van der Waals surface area contributed by atoms with E-state index in [0.29, 0.717) is 11.6 Å². The third kappa shape index (κ3) is 5.19. The van der Waals surface area contributed by atoms with Gasteiger partial charge in [0.05, 0.1) is 12.6 Å². The van der Waals surface area contributed by atoms with E-state index in [0.717, 1.165) is 18.0 Å². The molecule has 1 atom stereocenters. The topological polar surface area (TPSA) is 61.4 Å². The van der Waals surface area contributed by atoms with Crippen LogP contribution in [-0.2, 0) is 4.79 Å². The molecule has 1 aromatic rings. The molecule has 0 aliphatic heterocycles. The molecule has 1 aliphatic carbocycles. The Balaban J connectivity index is 1.65. The molecule has 1 unspecified atom stereocenters. The predicted octanol–water partition coefficient (Wildman–Crippen LogP) is 1.49. The third-order valence-electron chi connectivity index (χ3n) is 3.16. The highest BCUT2D eigenvalue weighted by Gasteiger charge is 2.20. The summed E-state index contributed by atoms with van der Waals surface area (Å²) in [4.78, 5) is 11.5. The predicted molar refractivity (Wildman–Crippen MR) is 75.0 cm³/mol. The minimum Gasteiger partial charge on any atom is -0.387 e. The molecule has 1 fully saturated rings. The number of carbonyl (C=O) groups excluding carboxylic acids is 1. The van der Waals surface area contributed by atoms with E-state index < -0.39 is 6.10 Å². The maximum atomic E-state index is 11.5. The standard InChI is InChI=1S/C14H19ClN2O2/c15-12-5-3-11(4-6-12)13(18)8-17-14(19)9-16-7-10-1-2-10/h3-6,10,13,16,18H,1-2,7-9H2,(H,17,19). The maximum absolute atomic E-state index is 11.5. The van der Waals surface area contributed by atoms with Crippen LogP contribution in [-0.4, -0.2) is 30.6 Å². The normalized spacial score (nSPS) is 16.1. The molecular formula is C14H19ClN2O2. The molecule has 3 N–H and O–H groups in total. The number of hydrogen-bond acceptors (Lipinski definition) is 3. The fraction of sp³-hybridized carbons (Fsp3) is 0.500. The highest BCUT2D eigenvalue weighted by atomic mass is 35.5. The minimum absolute atomic E-state index is 0.0892. The number of carbonyl (C=O) groups is 1. The summed E-state index contributed by atoms with van der Waals surface area (Å²) in [6.45, 7) is 1.43. The quantitative estimate of drug-likeness (QED) is 0.710. The highest BCUT2D eigenvalue weighted by Crippen LogP contribution is 2.27. The molecule has 1 saturated carbocycles. The molecule has 19 heavy (non-hydrogen) atoms. The molecule has 0 bridgehead atoms. The summed E-state index contributed by atoms with van der Waals surface area (Å²) < 4.78 is 0. The van der Waals surface area contributed by atoms with E-state index >= 15 is 0 Å². The van der Waals surface area contributed by atoms with Gasteiger partial charge in [-0.15, -0.1) is 0 Å². The number of benzene rings is 1. The van der Waals surface area contributed by atoms with Crippen molar-refractivity contribution in [3.05, 3.63) is 34.9 Å². The number of aliphatic hydroxyl groups excluding tert-OH is 1. The largest absolute Gasteiger partial charge is 0.387 e. The van der Waals surface area contributed by atoms with E-state index in [1.165, 1.54) is 12.8 Å². The minimum atomic E-state index is -0.704. The third-order valence-corrected chi connectivity index (χ3v) is 3.41. The van der Waals surface area contributed by atoms with E-state index in [-0.39, 0.29) is 12.5 Å². The van der Waals surface area contributed by atoms with Gasteiger partial charge in [0.2, 0.25) is 5.91 Å². The molecule has 0 spiro atoms. The Bertz CT molecular complexity index is 418. The van der Waals surface area contributed by atoms with Crippen molar-refractivity contribution in [2.75, 3.05) is 19.6 Å². The smallest absolute Gasteiger partial charge is 0.234 e. The second kappa shape index (κ2) is 6.89. The van der Waals surface area contributed by atoms with Gasteiger partial charge < -0.3 is 15.7 Å². The Morgan fingerprint density at radius 3 is 2.68 bits per heavy atom. The molecular weight excluding hydrogens is 264 g/mol. The van der Waals surface area contributed by atoms with Crippen molar-refractivity contribution in [1.29, 1.82) is 0 Å². The molecule has 2 rings (SSSR count). The first-order valence-corrected chi connectivity index (χ1v) is 6.94. The Hall–Kier alpha value is -1.10. The Morgan fingerprint density at radius 1 is 1.37 bits per heavy atom. The van der Waals surface area contributed by atoms with Crippen LogP contribution >= 0.6 is 11.6 Å². The van der Waals surface area contributed by atoms with E-state index in [4.69, 9.17) is 11.6 Å². The van der Waals surface area contributed by atoms with Gasteiger partial charge in [-0.25, -0.2) is 0 Å². The van der Waals surface area contributed by atoms with Crippen LogP contribution in [0.4, 0.5) is 0 Å². The number of amides is 1. The van der Waals surface area contributed by atoms with Crippen LogP contribution in [0.15, 0.2) is 24.3 Å². The van der Waals surface area contributed by atoms with Crippen LogP contribution in [0.5, 0.6) is 0 Å². The second-order valence-electron chi connectivity index (χ2n) is 4.95. The van der Waals surface area contributed by atoms with Gasteiger partial charge in [0.15, 0.2) is 0 Å². The number of rotatable bonds is 7. The Kier molecular flexibility index (Phi) is 5.19. The molecule has 0 saturated heterocycles. The van der Waals surface area contributed by atoms with Gasteiger partial charge in [0.1, 0.15) is 0 Å². The van der Waals surface area contributed by atoms with Gasteiger partial charge >= 0.3 is 0 Å². The number of aliphatic hydroxyl groups is 1. The SMILES string of the molecule is O=C(CNCC1CC1)NCC(O)c1ccc(Cl)cc1. The molecule has 104 valence electrons. The first-order chi connectivity index (χ1) is 9.15. The van der Waals surface area contributed by atoms with Crippen LogP contribution in [0, 0.1) is 5.92 Å². The van der Waals surface area contributed by atoms with Crippen LogP contribution in [0.25, 0.3) is 0 Å². The average Bonchev–Trinajstić information content (AvgIpc) is 3.21. The van der Waals surface area contributed by atoms with Crippen molar-refractivity contribution in [2.24, 2.45) is 5.92 Å². The first kappa shape index (κ1) is 14.3. The molecule has 4 nitrogen and oxygen atoms in total. The summed E-state index contributed by atoms with van der Waals surface area (Å²) in [6, 6.07) is 6.95. The lowest BCUT2D eigenvalue weighted by Gasteiger charge is -2.12. The van der Waals surface area contributed by atoms with E-state index in [1.54, 1.807) is 24.3 Å². The van der Waals surface area contributed by atoms with Gasteiger partial charge in [-0.05, 0) is 43.0 Å². The number of hydrogen-bond donors (Lipinski definition) is 3. The van der Waals surface area contributed by atoms with Gasteiger partial charge in [-0.2, -0.15) is 0 Å². The van der Waals surface area contributed by atoms with E-state index in [1.807, 2.05) is 0 Å². The van der Waals surface area contributed by atoms with Crippen LogP contribution in [0.3, 0.4) is 0 Å². The van der Waals surface area contributed by atoms with E-state index in [9.17, 15) is 9.90 Å². The Morgan fingerprint density at radius 2 is 2.05 bits per heavy atom. The molecule has 0 heterocycles. The van der Waals surface area contributed by atoms with Crippen LogP contribution < -0.4 is 10.6 Å². The van der Waals surface area contributed by atoms with Crippen LogP contribution in [0.2, 0.25) is 5.02 Å². The van der Waals surface area contributed by atoms with Gasteiger partial charge in [-0.1, -0.05) is 23.7 Å². The lowest BCUT2D eigenvalue weighted by molar-refractivity contribution is -0.120. The van der Waals surface area contributed by atoms with Crippen molar-refractivity contribution < 1.29 is 9.90 Å². The fourth-order valence-electron chi connectivity index (χ4n) is 1.79. The lowest BCUT2D eigenvalue weighted by Crippen LogP contribution is -2.36. The summed E-state index contributed by atoms with van der Waals surface area (Å²) in [5, 5.41) is 16.3. The Labute approximate surface area is 118 Å². The number of halogens is 1. The van der Waals surface area contributed by atoms with Crippen molar-refractivity contribution in [3.63, 3.8) is 0 Å². The number of nitrogens with one attached hydrogen (secondary N) is 2. The summed E-state index contributed by atoms with van der Waals surface area (Å²) in [5.41, 5.74) is 0.746.